The smallest absolute Gasteiger partial charge is 0.291 e. The molecule has 3 rings (SSSR count). The van der Waals surface area contributed by atoms with Gasteiger partial charge in [0.2, 0.25) is 0 Å². The number of phenols is 1. The number of hydrogen-bond donors (Lipinski definition) is 3. The third kappa shape index (κ3) is 4.12. The van der Waals surface area contributed by atoms with E-state index in [1.807, 2.05) is 19.1 Å². The maximum Gasteiger partial charge on any atom is 0.291 e. The number of aromatic hydroxyl groups is 1. The molecule has 26 heavy (non-hydrogen) atoms. The van der Waals surface area contributed by atoms with Gasteiger partial charge in [0.05, 0.1) is 27.2 Å². The third-order valence-corrected chi connectivity index (χ3v) is 5.01. The Labute approximate surface area is 161 Å². The van der Waals surface area contributed by atoms with Crippen LogP contribution >= 0.6 is 27.3 Å². The van der Waals surface area contributed by atoms with Crippen molar-refractivity contribution in [3.05, 3.63) is 51.4 Å². The van der Waals surface area contributed by atoms with Crippen molar-refractivity contribution in [2.75, 3.05) is 6.61 Å². The lowest BCUT2D eigenvalue weighted by atomic mass is 10.2. The lowest BCUT2D eigenvalue weighted by Crippen LogP contribution is -2.18. The molecule has 0 fully saturated rings. The fraction of sp³-hybridized carbons (Fsp3) is 0.118. The van der Waals surface area contributed by atoms with Crippen LogP contribution in [0.2, 0.25) is 0 Å². The fourth-order valence-corrected chi connectivity index (χ4v) is 3.51. The Morgan fingerprint density at radius 1 is 1.46 bits per heavy atom. The number of halogens is 1. The lowest BCUT2D eigenvalue weighted by molar-refractivity contribution is 0.0950. The summed E-state index contributed by atoms with van der Waals surface area (Å²) in [7, 11) is 0. The summed E-state index contributed by atoms with van der Waals surface area (Å²) in [4.78, 5) is 13.1. The summed E-state index contributed by atoms with van der Waals surface area (Å²) in [5.74, 6) is -0.126. The molecule has 1 aromatic carbocycles. The number of nitrogens with zero attached hydrogens (tertiary/aromatic N) is 2. The summed E-state index contributed by atoms with van der Waals surface area (Å²) in [6.07, 6.45) is 1.35. The number of aromatic nitrogens is 2. The van der Waals surface area contributed by atoms with Gasteiger partial charge < -0.3 is 9.84 Å². The molecule has 134 valence electrons. The van der Waals surface area contributed by atoms with E-state index in [1.54, 1.807) is 24.3 Å². The molecule has 3 aromatic rings. The molecule has 0 aliphatic rings. The number of hydrazone groups is 1. The van der Waals surface area contributed by atoms with Crippen LogP contribution in [0.4, 0.5) is 0 Å². The van der Waals surface area contributed by atoms with Gasteiger partial charge in [0.15, 0.2) is 17.2 Å². The van der Waals surface area contributed by atoms with Gasteiger partial charge in [0.1, 0.15) is 0 Å². The minimum absolute atomic E-state index is 0.0299. The molecule has 0 saturated carbocycles. The largest absolute Gasteiger partial charge is 0.504 e. The van der Waals surface area contributed by atoms with Gasteiger partial charge in [0.25, 0.3) is 5.91 Å². The second-order valence-electron chi connectivity index (χ2n) is 5.10. The molecule has 0 radical (unpaired) electrons. The number of carbonyl (C=O) groups is 1. The number of ether oxygens (including phenoxy) is 1. The van der Waals surface area contributed by atoms with Gasteiger partial charge in [-0.3, -0.25) is 9.89 Å². The molecule has 2 heterocycles. The average Bonchev–Trinajstić information content (AvgIpc) is 3.27. The Bertz CT molecular complexity index is 951. The third-order valence-electron chi connectivity index (χ3n) is 3.35. The van der Waals surface area contributed by atoms with Crippen LogP contribution in [0.15, 0.2) is 45.3 Å². The van der Waals surface area contributed by atoms with E-state index in [9.17, 15) is 9.90 Å². The summed E-state index contributed by atoms with van der Waals surface area (Å²) in [6, 6.07) is 10.5. The number of amides is 1. The van der Waals surface area contributed by atoms with E-state index in [0.717, 1.165) is 14.4 Å². The molecule has 0 atom stereocenters. The van der Waals surface area contributed by atoms with Crippen LogP contribution in [0, 0.1) is 0 Å². The second-order valence-corrected chi connectivity index (χ2v) is 7.56. The van der Waals surface area contributed by atoms with E-state index in [-0.39, 0.29) is 11.4 Å². The monoisotopic (exact) mass is 434 g/mol. The number of para-hydroxylation sites is 1. The number of nitrogens with one attached hydrogen (secondary N) is 2. The van der Waals surface area contributed by atoms with Crippen LogP contribution < -0.4 is 10.2 Å². The molecule has 1 amide bonds. The van der Waals surface area contributed by atoms with Gasteiger partial charge in [-0.1, -0.05) is 6.07 Å². The van der Waals surface area contributed by atoms with Crippen LogP contribution in [0.1, 0.15) is 23.0 Å². The van der Waals surface area contributed by atoms with Crippen molar-refractivity contribution in [2.24, 2.45) is 5.10 Å². The average molecular weight is 435 g/mol. The van der Waals surface area contributed by atoms with Gasteiger partial charge >= 0.3 is 0 Å². The van der Waals surface area contributed by atoms with E-state index in [1.165, 1.54) is 17.6 Å². The predicted octanol–water partition coefficient (Wildman–Crippen LogP) is 3.77. The van der Waals surface area contributed by atoms with E-state index in [4.69, 9.17) is 4.74 Å². The Morgan fingerprint density at radius 3 is 3.04 bits per heavy atom. The van der Waals surface area contributed by atoms with E-state index < -0.39 is 5.91 Å². The minimum Gasteiger partial charge on any atom is -0.504 e. The summed E-state index contributed by atoms with van der Waals surface area (Å²) >= 11 is 4.93. The molecule has 0 aliphatic carbocycles. The molecule has 0 spiro atoms. The molecule has 9 heteroatoms. The molecule has 0 saturated heterocycles. The highest BCUT2D eigenvalue weighted by atomic mass is 79.9. The summed E-state index contributed by atoms with van der Waals surface area (Å²) in [5.41, 5.74) is 3.78. The SMILES string of the molecule is CCOc1cccc(/C=N\NC(=O)c2cc(-c3ccc(Br)s3)[nH]n2)c1O. The molecule has 7 nitrogen and oxygen atoms in total. The summed E-state index contributed by atoms with van der Waals surface area (Å²) in [6.45, 7) is 2.26. The number of H-pyrrole nitrogens is 1. The molecule has 2 aromatic heterocycles. The molecular formula is C17H15BrN4O3S. The van der Waals surface area contributed by atoms with Crippen molar-refractivity contribution >= 4 is 39.4 Å². The summed E-state index contributed by atoms with van der Waals surface area (Å²) < 4.78 is 6.30. The normalized spacial score (nSPS) is 11.0. The number of carbonyl (C=O) groups excluding carboxylic acids is 1. The first-order chi connectivity index (χ1) is 12.6. The van der Waals surface area contributed by atoms with Crippen molar-refractivity contribution in [3.8, 4) is 22.1 Å². The first-order valence-corrected chi connectivity index (χ1v) is 9.28. The zero-order valence-corrected chi connectivity index (χ0v) is 16.1. The minimum atomic E-state index is -0.458. The number of hydrogen-bond acceptors (Lipinski definition) is 6. The highest BCUT2D eigenvalue weighted by Gasteiger charge is 2.12. The zero-order valence-electron chi connectivity index (χ0n) is 13.7. The Hall–Kier alpha value is -2.65. The van der Waals surface area contributed by atoms with Crippen molar-refractivity contribution in [3.63, 3.8) is 0 Å². The predicted molar refractivity (Wildman–Crippen MR) is 104 cm³/mol. The number of rotatable bonds is 6. The van der Waals surface area contributed by atoms with Crippen molar-refractivity contribution in [1.29, 1.82) is 0 Å². The van der Waals surface area contributed by atoms with Gasteiger partial charge in [-0.25, -0.2) is 5.43 Å². The van der Waals surface area contributed by atoms with Crippen LogP contribution in [0.3, 0.4) is 0 Å². The van der Waals surface area contributed by atoms with Crippen LogP contribution in [0.25, 0.3) is 10.6 Å². The number of benzene rings is 1. The molecule has 3 N–H and O–H groups in total. The van der Waals surface area contributed by atoms with E-state index in [0.29, 0.717) is 17.9 Å². The van der Waals surface area contributed by atoms with Gasteiger partial charge in [-0.05, 0) is 53.2 Å². The van der Waals surface area contributed by atoms with Gasteiger partial charge in [-0.15, -0.1) is 11.3 Å². The van der Waals surface area contributed by atoms with Crippen molar-refractivity contribution < 1.29 is 14.6 Å². The standard InChI is InChI=1S/C17H15BrN4O3S/c1-2-25-13-5-3-4-10(16(13)23)9-19-22-17(24)12-8-11(20-21-12)14-6-7-15(18)26-14/h3-9,23H,2H2,1H3,(H,20,21)(H,22,24)/b19-9-. The Morgan fingerprint density at radius 2 is 2.31 bits per heavy atom. The Kier molecular flexibility index (Phi) is 5.69. The van der Waals surface area contributed by atoms with Crippen molar-refractivity contribution in [2.45, 2.75) is 6.92 Å². The van der Waals surface area contributed by atoms with Gasteiger partial charge in [0, 0.05) is 5.56 Å². The molecular weight excluding hydrogens is 420 g/mol. The number of aromatic amines is 1. The fourth-order valence-electron chi connectivity index (χ4n) is 2.16. The zero-order chi connectivity index (χ0) is 18.5. The summed E-state index contributed by atoms with van der Waals surface area (Å²) in [5, 5.41) is 20.8. The molecule has 0 bridgehead atoms. The highest BCUT2D eigenvalue weighted by molar-refractivity contribution is 9.11. The first kappa shape index (κ1) is 18.2. The lowest BCUT2D eigenvalue weighted by Gasteiger charge is -2.06. The van der Waals surface area contributed by atoms with Crippen LogP contribution in [0.5, 0.6) is 11.5 Å². The van der Waals surface area contributed by atoms with E-state index in [2.05, 4.69) is 36.7 Å². The molecule has 0 aliphatic heterocycles. The van der Waals surface area contributed by atoms with Gasteiger partial charge in [-0.2, -0.15) is 10.2 Å². The maximum absolute atomic E-state index is 12.1. The highest BCUT2D eigenvalue weighted by Crippen LogP contribution is 2.30. The Balaban J connectivity index is 1.67. The van der Waals surface area contributed by atoms with Crippen LogP contribution in [-0.4, -0.2) is 34.0 Å². The topological polar surface area (TPSA) is 99.6 Å². The molecule has 0 unspecified atom stereocenters. The number of thiophene rings is 1. The quantitative estimate of drug-likeness (QED) is 0.406. The maximum atomic E-state index is 12.1. The van der Waals surface area contributed by atoms with Crippen LogP contribution in [-0.2, 0) is 0 Å². The second kappa shape index (κ2) is 8.15. The van der Waals surface area contributed by atoms with E-state index >= 15 is 0 Å². The van der Waals surface area contributed by atoms with Crippen molar-refractivity contribution in [1.82, 2.24) is 15.6 Å². The first-order valence-electron chi connectivity index (χ1n) is 7.67. The number of phenolic OH excluding ortho intramolecular Hbond substituents is 1.